The summed E-state index contributed by atoms with van der Waals surface area (Å²) in [6.45, 7) is 0. The van der Waals surface area contributed by atoms with E-state index in [9.17, 15) is 4.21 Å². The highest BCUT2D eigenvalue weighted by molar-refractivity contribution is 7.95. The Labute approximate surface area is 83.5 Å². The monoisotopic (exact) mass is 212 g/mol. The van der Waals surface area contributed by atoms with Crippen LogP contribution in [0.3, 0.4) is 0 Å². The largest absolute Gasteiger partial charge is 0.481 e. The average molecular weight is 212 g/mol. The van der Waals surface area contributed by atoms with Gasteiger partial charge in [0.1, 0.15) is 0 Å². The van der Waals surface area contributed by atoms with Gasteiger partial charge in [-0.1, -0.05) is 0 Å². The maximum Gasteiger partial charge on any atom is 0.215 e. The van der Waals surface area contributed by atoms with Gasteiger partial charge in [-0.15, -0.1) is 0 Å². The number of rotatable bonds is 2. The molecule has 1 aromatic rings. The molecule has 1 saturated heterocycles. The first-order valence-electron chi connectivity index (χ1n) is 4.44. The van der Waals surface area contributed by atoms with Crippen molar-refractivity contribution in [2.75, 3.05) is 18.6 Å². The summed E-state index contributed by atoms with van der Waals surface area (Å²) in [7, 11) is -0.374. The SMILES string of the molecule is COc1cc(N=S2(=O)CCC2)ccn1. The highest BCUT2D eigenvalue weighted by atomic mass is 32.2. The first-order valence-corrected chi connectivity index (χ1v) is 6.30. The lowest BCUT2D eigenvalue weighted by Crippen LogP contribution is -2.22. The lowest BCUT2D eigenvalue weighted by molar-refractivity contribution is 0.398. The molecule has 5 heteroatoms. The number of pyridine rings is 1. The van der Waals surface area contributed by atoms with Crippen molar-refractivity contribution in [2.45, 2.75) is 6.42 Å². The molecule has 2 heterocycles. The van der Waals surface area contributed by atoms with E-state index in [0.717, 1.165) is 17.9 Å². The Kier molecular flexibility index (Phi) is 2.41. The second kappa shape index (κ2) is 3.57. The predicted molar refractivity (Wildman–Crippen MR) is 55.4 cm³/mol. The minimum absolute atomic E-state index is 0.508. The molecule has 4 nitrogen and oxygen atoms in total. The van der Waals surface area contributed by atoms with Crippen molar-refractivity contribution < 1.29 is 8.95 Å². The first kappa shape index (κ1) is 9.45. The van der Waals surface area contributed by atoms with Crippen LogP contribution in [-0.2, 0) is 9.73 Å². The molecule has 0 aliphatic carbocycles. The second-order valence-electron chi connectivity index (χ2n) is 3.18. The summed E-state index contributed by atoms with van der Waals surface area (Å²) in [5, 5.41) is 0. The lowest BCUT2D eigenvalue weighted by Gasteiger charge is -2.17. The Morgan fingerprint density at radius 1 is 1.57 bits per heavy atom. The molecule has 0 spiro atoms. The van der Waals surface area contributed by atoms with Gasteiger partial charge in [0.2, 0.25) is 5.88 Å². The Bertz CT molecular complexity index is 440. The molecule has 0 N–H and O–H groups in total. The van der Waals surface area contributed by atoms with E-state index in [2.05, 4.69) is 9.35 Å². The van der Waals surface area contributed by atoms with Gasteiger partial charge in [0, 0.05) is 23.8 Å². The summed E-state index contributed by atoms with van der Waals surface area (Å²) >= 11 is 0. The van der Waals surface area contributed by atoms with E-state index in [1.807, 2.05) is 0 Å². The van der Waals surface area contributed by atoms with Crippen LogP contribution in [0.5, 0.6) is 5.88 Å². The maximum absolute atomic E-state index is 11.8. The van der Waals surface area contributed by atoms with Crippen LogP contribution >= 0.6 is 0 Å². The predicted octanol–water partition coefficient (Wildman–Crippen LogP) is 1.59. The molecular weight excluding hydrogens is 200 g/mol. The molecule has 0 unspecified atom stereocenters. The molecule has 0 radical (unpaired) electrons. The van der Waals surface area contributed by atoms with Crippen LogP contribution in [-0.4, -0.2) is 27.8 Å². The molecule has 0 amide bonds. The molecule has 14 heavy (non-hydrogen) atoms. The van der Waals surface area contributed by atoms with Gasteiger partial charge in [0.15, 0.2) is 0 Å². The number of methoxy groups -OCH3 is 1. The number of hydrogen-bond acceptors (Lipinski definition) is 4. The normalized spacial score (nSPS) is 18.4. The molecule has 1 aliphatic heterocycles. The number of hydrogen-bond donors (Lipinski definition) is 0. The molecule has 1 aliphatic rings. The maximum atomic E-state index is 11.8. The average Bonchev–Trinajstić information content (AvgIpc) is 2.16. The van der Waals surface area contributed by atoms with Crippen molar-refractivity contribution in [1.29, 1.82) is 0 Å². The van der Waals surface area contributed by atoms with Gasteiger partial charge in [-0.3, -0.25) is 0 Å². The summed E-state index contributed by atoms with van der Waals surface area (Å²) in [6.07, 6.45) is 2.63. The van der Waals surface area contributed by atoms with Crippen molar-refractivity contribution in [3.63, 3.8) is 0 Å². The van der Waals surface area contributed by atoms with E-state index in [1.165, 1.54) is 0 Å². The molecule has 0 bridgehead atoms. The Morgan fingerprint density at radius 2 is 2.36 bits per heavy atom. The topological polar surface area (TPSA) is 51.5 Å². The Hall–Kier alpha value is -1.10. The van der Waals surface area contributed by atoms with Gasteiger partial charge in [-0.05, 0) is 12.5 Å². The van der Waals surface area contributed by atoms with E-state index in [0.29, 0.717) is 11.6 Å². The highest BCUT2D eigenvalue weighted by Gasteiger charge is 2.19. The molecule has 1 aromatic heterocycles. The number of ether oxygens (including phenoxy) is 1. The molecule has 2 rings (SSSR count). The molecular formula is C9H12N2O2S. The molecule has 0 atom stereocenters. The molecule has 0 aromatic carbocycles. The zero-order valence-corrected chi connectivity index (χ0v) is 8.79. The summed E-state index contributed by atoms with van der Waals surface area (Å²) in [5.41, 5.74) is 0.696. The van der Waals surface area contributed by atoms with Crippen molar-refractivity contribution in [3.8, 4) is 5.88 Å². The standard InChI is InChI=1S/C9H12N2O2S/c1-13-9-7-8(3-4-10-9)11-14(12)5-2-6-14/h3-4,7H,2,5-6H2,1H3. The van der Waals surface area contributed by atoms with Crippen LogP contribution in [0.15, 0.2) is 22.7 Å². The van der Waals surface area contributed by atoms with Crippen LogP contribution in [0.2, 0.25) is 0 Å². The third kappa shape index (κ3) is 1.87. The van der Waals surface area contributed by atoms with E-state index in [4.69, 9.17) is 4.74 Å². The molecule has 76 valence electrons. The smallest absolute Gasteiger partial charge is 0.215 e. The van der Waals surface area contributed by atoms with Crippen molar-refractivity contribution in [1.82, 2.24) is 4.98 Å². The van der Waals surface area contributed by atoms with Crippen molar-refractivity contribution >= 4 is 15.4 Å². The van der Waals surface area contributed by atoms with Crippen molar-refractivity contribution in [3.05, 3.63) is 18.3 Å². The second-order valence-corrected chi connectivity index (χ2v) is 5.73. The van der Waals surface area contributed by atoms with Gasteiger partial charge < -0.3 is 4.74 Å². The van der Waals surface area contributed by atoms with Crippen LogP contribution < -0.4 is 4.74 Å². The van der Waals surface area contributed by atoms with E-state index in [1.54, 1.807) is 25.4 Å². The Morgan fingerprint density at radius 3 is 2.93 bits per heavy atom. The fourth-order valence-electron chi connectivity index (χ4n) is 1.24. The van der Waals surface area contributed by atoms with Gasteiger partial charge in [0.25, 0.3) is 0 Å². The first-order chi connectivity index (χ1) is 6.72. The fraction of sp³-hybridized carbons (Fsp3) is 0.444. The van der Waals surface area contributed by atoms with Gasteiger partial charge in [-0.2, -0.15) is 4.36 Å². The summed E-state index contributed by atoms with van der Waals surface area (Å²) in [4.78, 5) is 3.96. The van der Waals surface area contributed by atoms with E-state index >= 15 is 0 Å². The third-order valence-electron chi connectivity index (χ3n) is 2.13. The minimum Gasteiger partial charge on any atom is -0.481 e. The third-order valence-corrected chi connectivity index (χ3v) is 4.52. The fourth-order valence-corrected chi connectivity index (χ4v) is 2.70. The summed E-state index contributed by atoms with van der Waals surface area (Å²) in [5.74, 6) is 1.95. The summed E-state index contributed by atoms with van der Waals surface area (Å²) in [6, 6.07) is 3.44. The van der Waals surface area contributed by atoms with Gasteiger partial charge in [0.05, 0.1) is 22.5 Å². The van der Waals surface area contributed by atoms with E-state index < -0.39 is 9.73 Å². The highest BCUT2D eigenvalue weighted by Crippen LogP contribution is 2.23. The number of aromatic nitrogens is 1. The van der Waals surface area contributed by atoms with Gasteiger partial charge >= 0.3 is 0 Å². The lowest BCUT2D eigenvalue weighted by atomic mass is 10.4. The Balaban J connectivity index is 2.33. The van der Waals surface area contributed by atoms with E-state index in [-0.39, 0.29) is 0 Å². The van der Waals surface area contributed by atoms with Crippen LogP contribution in [0.4, 0.5) is 5.69 Å². The van der Waals surface area contributed by atoms with Crippen LogP contribution in [0, 0.1) is 0 Å². The molecule has 0 saturated carbocycles. The van der Waals surface area contributed by atoms with Crippen LogP contribution in [0.25, 0.3) is 0 Å². The van der Waals surface area contributed by atoms with Crippen LogP contribution in [0.1, 0.15) is 6.42 Å². The zero-order chi connectivity index (χ0) is 10.0. The van der Waals surface area contributed by atoms with Crippen molar-refractivity contribution in [2.24, 2.45) is 4.36 Å². The molecule has 1 fully saturated rings. The summed E-state index contributed by atoms with van der Waals surface area (Å²) < 4.78 is 21.0. The number of nitrogens with zero attached hydrogens (tertiary/aromatic N) is 2. The van der Waals surface area contributed by atoms with Gasteiger partial charge in [-0.25, -0.2) is 9.19 Å². The zero-order valence-electron chi connectivity index (χ0n) is 7.97. The quantitative estimate of drug-likeness (QED) is 0.748. The minimum atomic E-state index is -1.93.